The van der Waals surface area contributed by atoms with Gasteiger partial charge in [0.1, 0.15) is 0 Å². The van der Waals surface area contributed by atoms with Crippen LogP contribution >= 0.6 is 11.3 Å². The zero-order chi connectivity index (χ0) is 16.0. The molecule has 5 nitrogen and oxygen atoms in total. The normalized spacial score (nSPS) is 17.4. The summed E-state index contributed by atoms with van der Waals surface area (Å²) in [6, 6.07) is 3.67. The lowest BCUT2D eigenvalue weighted by molar-refractivity contribution is 0.0954. The first kappa shape index (κ1) is 17.4. The zero-order valence-corrected chi connectivity index (χ0v) is 14.6. The lowest BCUT2D eigenvalue weighted by Gasteiger charge is -2.29. The standard InChI is InChI=1S/C15H24N2O3S2/c1-22(19,20)17(13-7-4-2-3-5-8-13)11-10-16-15(18)14-9-6-12-21-14/h6,9,12-13H,2-5,7-8,10-11H2,1H3,(H,16,18). The molecule has 0 aromatic carbocycles. The van der Waals surface area contributed by atoms with Gasteiger partial charge < -0.3 is 5.32 Å². The summed E-state index contributed by atoms with van der Waals surface area (Å²) in [5.41, 5.74) is 0. The van der Waals surface area contributed by atoms with E-state index in [1.165, 1.54) is 30.4 Å². The predicted molar refractivity (Wildman–Crippen MR) is 89.7 cm³/mol. The molecule has 1 aromatic rings. The summed E-state index contributed by atoms with van der Waals surface area (Å²) in [4.78, 5) is 12.6. The van der Waals surface area contributed by atoms with E-state index < -0.39 is 10.0 Å². The van der Waals surface area contributed by atoms with Gasteiger partial charge in [-0.15, -0.1) is 11.3 Å². The van der Waals surface area contributed by atoms with Gasteiger partial charge in [-0.1, -0.05) is 31.7 Å². The lowest BCUT2D eigenvalue weighted by Crippen LogP contribution is -2.44. The smallest absolute Gasteiger partial charge is 0.261 e. The highest BCUT2D eigenvalue weighted by atomic mass is 32.2. The SMILES string of the molecule is CS(=O)(=O)N(CCNC(=O)c1cccs1)C1CCCCCC1. The maximum atomic E-state index is 12.1. The van der Waals surface area contributed by atoms with E-state index >= 15 is 0 Å². The number of hydrogen-bond acceptors (Lipinski definition) is 4. The first-order valence-electron chi connectivity index (χ1n) is 7.77. The minimum absolute atomic E-state index is 0.0798. The highest BCUT2D eigenvalue weighted by Gasteiger charge is 2.27. The average Bonchev–Trinajstić information content (AvgIpc) is 2.86. The summed E-state index contributed by atoms with van der Waals surface area (Å²) in [5.74, 6) is -0.135. The molecular formula is C15H24N2O3S2. The summed E-state index contributed by atoms with van der Waals surface area (Å²) in [7, 11) is -3.25. The number of sulfonamides is 1. The molecule has 0 atom stereocenters. The van der Waals surface area contributed by atoms with E-state index in [2.05, 4.69) is 5.32 Å². The van der Waals surface area contributed by atoms with Crippen molar-refractivity contribution < 1.29 is 13.2 Å². The number of nitrogens with zero attached hydrogens (tertiary/aromatic N) is 1. The molecule has 0 bridgehead atoms. The van der Waals surface area contributed by atoms with E-state index in [-0.39, 0.29) is 11.9 Å². The van der Waals surface area contributed by atoms with Gasteiger partial charge in [0, 0.05) is 19.1 Å². The van der Waals surface area contributed by atoms with E-state index in [1.54, 1.807) is 10.4 Å². The number of carbonyl (C=O) groups is 1. The van der Waals surface area contributed by atoms with Gasteiger partial charge in [0.25, 0.3) is 5.91 Å². The molecule has 1 fully saturated rings. The molecule has 0 radical (unpaired) electrons. The maximum Gasteiger partial charge on any atom is 0.261 e. The molecule has 1 amide bonds. The van der Waals surface area contributed by atoms with E-state index in [4.69, 9.17) is 0 Å². The molecule has 1 aliphatic carbocycles. The van der Waals surface area contributed by atoms with E-state index in [9.17, 15) is 13.2 Å². The minimum atomic E-state index is -3.25. The van der Waals surface area contributed by atoms with Gasteiger partial charge in [0.05, 0.1) is 11.1 Å². The fraction of sp³-hybridized carbons (Fsp3) is 0.667. The largest absolute Gasteiger partial charge is 0.350 e. The molecule has 1 aliphatic rings. The van der Waals surface area contributed by atoms with Crippen LogP contribution in [0.1, 0.15) is 48.2 Å². The molecule has 7 heteroatoms. The van der Waals surface area contributed by atoms with E-state index in [0.717, 1.165) is 25.7 Å². The van der Waals surface area contributed by atoms with Gasteiger partial charge in [-0.05, 0) is 24.3 Å². The first-order valence-corrected chi connectivity index (χ1v) is 10.5. The van der Waals surface area contributed by atoms with Crippen molar-refractivity contribution in [2.75, 3.05) is 19.3 Å². The van der Waals surface area contributed by atoms with Crippen LogP contribution in [0, 0.1) is 0 Å². The van der Waals surface area contributed by atoms with Gasteiger partial charge in [-0.2, -0.15) is 4.31 Å². The molecule has 22 heavy (non-hydrogen) atoms. The van der Waals surface area contributed by atoms with E-state index in [1.807, 2.05) is 11.4 Å². The van der Waals surface area contributed by atoms with Gasteiger partial charge in [-0.25, -0.2) is 8.42 Å². The van der Waals surface area contributed by atoms with Crippen molar-refractivity contribution in [2.45, 2.75) is 44.6 Å². The number of thiophene rings is 1. The maximum absolute atomic E-state index is 12.1. The second kappa shape index (κ2) is 8.08. The second-order valence-corrected chi connectivity index (χ2v) is 8.64. The summed E-state index contributed by atoms with van der Waals surface area (Å²) in [6.07, 6.45) is 7.64. The van der Waals surface area contributed by atoms with Crippen molar-refractivity contribution in [1.82, 2.24) is 9.62 Å². The zero-order valence-electron chi connectivity index (χ0n) is 13.0. The van der Waals surface area contributed by atoms with Crippen LogP contribution in [0.25, 0.3) is 0 Å². The summed E-state index contributed by atoms with van der Waals surface area (Å²) in [5, 5.41) is 4.66. The summed E-state index contributed by atoms with van der Waals surface area (Å²) < 4.78 is 25.7. The number of nitrogens with one attached hydrogen (secondary N) is 1. The summed E-state index contributed by atoms with van der Waals surface area (Å²) >= 11 is 1.38. The van der Waals surface area contributed by atoms with Crippen LogP contribution in [0.3, 0.4) is 0 Å². The number of amides is 1. The third-order valence-electron chi connectivity index (χ3n) is 4.02. The molecule has 1 heterocycles. The van der Waals surface area contributed by atoms with Crippen LogP contribution in [0.2, 0.25) is 0 Å². The van der Waals surface area contributed by atoms with Crippen molar-refractivity contribution in [3.8, 4) is 0 Å². The fourth-order valence-electron chi connectivity index (χ4n) is 2.94. The Kier molecular flexibility index (Phi) is 6.40. The van der Waals surface area contributed by atoms with Gasteiger partial charge in [0.15, 0.2) is 0 Å². The molecule has 1 N–H and O–H groups in total. The molecule has 0 unspecified atom stereocenters. The minimum Gasteiger partial charge on any atom is -0.350 e. The second-order valence-electron chi connectivity index (χ2n) is 5.75. The number of rotatable bonds is 6. The van der Waals surface area contributed by atoms with E-state index in [0.29, 0.717) is 18.0 Å². The van der Waals surface area contributed by atoms with Crippen LogP contribution in [0.5, 0.6) is 0 Å². The molecular weight excluding hydrogens is 320 g/mol. The molecule has 0 saturated heterocycles. The topological polar surface area (TPSA) is 66.5 Å². The molecule has 0 spiro atoms. The van der Waals surface area contributed by atoms with Crippen molar-refractivity contribution in [2.24, 2.45) is 0 Å². The summed E-state index contributed by atoms with van der Waals surface area (Å²) in [6.45, 7) is 0.695. The number of hydrogen-bond donors (Lipinski definition) is 1. The Morgan fingerprint density at radius 1 is 1.32 bits per heavy atom. The van der Waals surface area contributed by atoms with Crippen LogP contribution in [0.4, 0.5) is 0 Å². The predicted octanol–water partition coefficient (Wildman–Crippen LogP) is 2.46. The van der Waals surface area contributed by atoms with Crippen LogP contribution in [-0.4, -0.2) is 44.0 Å². The van der Waals surface area contributed by atoms with Crippen molar-refractivity contribution >= 4 is 27.3 Å². The van der Waals surface area contributed by atoms with Crippen LogP contribution in [-0.2, 0) is 10.0 Å². The van der Waals surface area contributed by atoms with Gasteiger partial charge >= 0.3 is 0 Å². The lowest BCUT2D eigenvalue weighted by atomic mass is 10.1. The highest BCUT2D eigenvalue weighted by Crippen LogP contribution is 2.23. The Bertz CT molecular complexity index is 562. The van der Waals surface area contributed by atoms with Crippen LogP contribution in [0.15, 0.2) is 17.5 Å². The van der Waals surface area contributed by atoms with Crippen molar-refractivity contribution in [1.29, 1.82) is 0 Å². The van der Waals surface area contributed by atoms with Crippen molar-refractivity contribution in [3.63, 3.8) is 0 Å². The Hall–Kier alpha value is -0.920. The molecule has 1 aromatic heterocycles. The molecule has 124 valence electrons. The van der Waals surface area contributed by atoms with Crippen molar-refractivity contribution in [3.05, 3.63) is 22.4 Å². The average molecular weight is 345 g/mol. The third kappa shape index (κ3) is 5.07. The quantitative estimate of drug-likeness (QED) is 0.806. The number of carbonyl (C=O) groups excluding carboxylic acids is 1. The first-order chi connectivity index (χ1) is 10.5. The molecule has 2 rings (SSSR count). The monoisotopic (exact) mass is 344 g/mol. The highest BCUT2D eigenvalue weighted by molar-refractivity contribution is 7.88. The Balaban J connectivity index is 1.91. The fourth-order valence-corrected chi connectivity index (χ4v) is 4.75. The van der Waals surface area contributed by atoms with Gasteiger partial charge in [-0.3, -0.25) is 4.79 Å². The van der Waals surface area contributed by atoms with Gasteiger partial charge in [0.2, 0.25) is 10.0 Å². The Morgan fingerprint density at radius 3 is 2.55 bits per heavy atom. The van der Waals surface area contributed by atoms with Crippen LogP contribution < -0.4 is 5.32 Å². The molecule has 0 aliphatic heterocycles. The molecule has 1 saturated carbocycles. The Morgan fingerprint density at radius 2 is 2.00 bits per heavy atom. The third-order valence-corrected chi connectivity index (χ3v) is 6.22. The Labute approximate surface area is 136 Å².